The number of piperidine rings is 1. The van der Waals surface area contributed by atoms with Gasteiger partial charge in [-0.1, -0.05) is 18.2 Å². The number of halogens is 4. The van der Waals surface area contributed by atoms with E-state index in [2.05, 4.69) is 20.4 Å². The van der Waals surface area contributed by atoms with E-state index in [4.69, 9.17) is 9.90 Å². The second kappa shape index (κ2) is 11.4. The predicted octanol–water partition coefficient (Wildman–Crippen LogP) is 3.22. The monoisotopic (exact) mass is 510 g/mol. The molecule has 2 heterocycles. The first-order valence-electron chi connectivity index (χ1n) is 11.2. The van der Waals surface area contributed by atoms with Crippen LogP contribution in [0, 0.1) is 5.82 Å². The molecule has 8 nitrogen and oxygen atoms in total. The van der Waals surface area contributed by atoms with Crippen molar-refractivity contribution in [3.8, 4) is 0 Å². The Morgan fingerprint density at radius 1 is 1.03 bits per heavy atom. The van der Waals surface area contributed by atoms with Crippen molar-refractivity contribution in [2.75, 3.05) is 36.5 Å². The Labute approximate surface area is 204 Å². The summed E-state index contributed by atoms with van der Waals surface area (Å²) < 4.78 is 44.7. The lowest BCUT2D eigenvalue weighted by Gasteiger charge is -2.43. The number of hydrogen-bond acceptors (Lipinski definition) is 5. The van der Waals surface area contributed by atoms with Crippen molar-refractivity contribution in [1.82, 2.24) is 10.2 Å². The molecule has 2 amide bonds. The minimum atomic E-state index is -5.08. The highest BCUT2D eigenvalue weighted by atomic mass is 19.4. The minimum Gasteiger partial charge on any atom is -0.475 e. The van der Waals surface area contributed by atoms with Gasteiger partial charge in [0.15, 0.2) is 0 Å². The number of anilines is 2. The zero-order valence-corrected chi connectivity index (χ0v) is 19.2. The number of carboxylic acid groups (broad SMARTS) is 1. The Morgan fingerprint density at radius 3 is 2.17 bits per heavy atom. The third-order valence-corrected chi connectivity index (χ3v) is 6.11. The van der Waals surface area contributed by atoms with E-state index in [-0.39, 0.29) is 17.6 Å². The molecule has 2 aliphatic rings. The van der Waals surface area contributed by atoms with Gasteiger partial charge < -0.3 is 25.5 Å². The average molecular weight is 510 g/mol. The van der Waals surface area contributed by atoms with Gasteiger partial charge in [-0.25, -0.2) is 9.18 Å². The molecule has 0 aliphatic carbocycles. The van der Waals surface area contributed by atoms with Crippen molar-refractivity contribution in [3.63, 3.8) is 0 Å². The Morgan fingerprint density at radius 2 is 1.61 bits per heavy atom. The normalized spacial score (nSPS) is 17.2. The Bertz CT molecular complexity index is 1060. The van der Waals surface area contributed by atoms with Gasteiger partial charge >= 0.3 is 12.1 Å². The van der Waals surface area contributed by atoms with E-state index in [0.29, 0.717) is 25.3 Å². The van der Waals surface area contributed by atoms with Crippen molar-refractivity contribution in [1.29, 1.82) is 0 Å². The van der Waals surface area contributed by atoms with Crippen LogP contribution in [-0.4, -0.2) is 65.8 Å². The van der Waals surface area contributed by atoms with Gasteiger partial charge in [-0.3, -0.25) is 9.59 Å². The number of aliphatic carboxylic acids is 1. The van der Waals surface area contributed by atoms with Crippen LogP contribution in [0.15, 0.2) is 54.6 Å². The highest BCUT2D eigenvalue weighted by Crippen LogP contribution is 2.36. The van der Waals surface area contributed by atoms with Crippen LogP contribution in [0.1, 0.15) is 19.3 Å². The molecule has 2 aromatic carbocycles. The Hall–Kier alpha value is -3.67. The number of carbonyl (C=O) groups is 3. The first kappa shape index (κ1) is 26.9. The molecule has 2 aromatic rings. The van der Waals surface area contributed by atoms with Gasteiger partial charge in [0.05, 0.1) is 6.67 Å². The summed E-state index contributed by atoms with van der Waals surface area (Å²) in [7, 11) is 0. The fourth-order valence-corrected chi connectivity index (χ4v) is 4.20. The molecule has 0 aromatic heterocycles. The second-order valence-corrected chi connectivity index (χ2v) is 8.41. The van der Waals surface area contributed by atoms with E-state index < -0.39 is 17.7 Å². The number of alkyl halides is 3. The minimum absolute atomic E-state index is 0.0926. The van der Waals surface area contributed by atoms with Crippen LogP contribution in [0.4, 0.5) is 28.9 Å². The van der Waals surface area contributed by atoms with E-state index >= 15 is 0 Å². The summed E-state index contributed by atoms with van der Waals surface area (Å²) in [5, 5.41) is 12.9. The number of nitrogens with one attached hydrogen (secondary N) is 2. The molecular weight excluding hydrogens is 484 g/mol. The number of benzene rings is 2. The lowest BCUT2D eigenvalue weighted by molar-refractivity contribution is -0.192. The lowest BCUT2D eigenvalue weighted by atomic mass is 9.85. The highest BCUT2D eigenvalue weighted by Gasteiger charge is 2.50. The molecule has 1 spiro atoms. The second-order valence-electron chi connectivity index (χ2n) is 8.41. The third-order valence-electron chi connectivity index (χ3n) is 6.11. The van der Waals surface area contributed by atoms with E-state index in [0.717, 1.165) is 31.6 Å². The molecular formula is C24H26F4N4O4. The van der Waals surface area contributed by atoms with E-state index in [9.17, 15) is 27.2 Å². The van der Waals surface area contributed by atoms with Crippen LogP contribution >= 0.6 is 0 Å². The molecule has 2 fully saturated rings. The summed E-state index contributed by atoms with van der Waals surface area (Å²) >= 11 is 0. The summed E-state index contributed by atoms with van der Waals surface area (Å²) in [6.07, 6.45) is -3.26. The SMILES string of the molecule is O=C(CCN1CCC2(CC1)C(=O)NCN2c1ccccc1)Nc1ccc(F)cc1.O=C(O)C(F)(F)F. The molecule has 0 atom stereocenters. The average Bonchev–Trinajstić information content (AvgIpc) is 3.16. The third kappa shape index (κ3) is 6.72. The van der Waals surface area contributed by atoms with Gasteiger partial charge in [0, 0.05) is 37.4 Å². The number of carboxylic acids is 1. The molecule has 0 radical (unpaired) electrons. The van der Waals surface area contributed by atoms with Gasteiger partial charge in [-0.15, -0.1) is 0 Å². The van der Waals surface area contributed by atoms with Crippen molar-refractivity contribution in [2.45, 2.75) is 31.0 Å². The van der Waals surface area contributed by atoms with Crippen molar-refractivity contribution in [2.24, 2.45) is 0 Å². The number of rotatable bonds is 5. The molecule has 4 rings (SSSR count). The zero-order chi connectivity index (χ0) is 26.3. The van der Waals surface area contributed by atoms with Gasteiger partial charge in [0.25, 0.3) is 0 Å². The standard InChI is InChI=1S/C22H25FN4O2.C2HF3O2/c23-17-6-8-18(9-7-17)25-20(28)10-13-26-14-11-22(12-15-26)21(29)24-16-27(22)19-4-2-1-3-5-19;3-2(4,5)1(6)7/h1-9H,10-16H2,(H,24,29)(H,25,28);(H,6,7). The van der Waals surface area contributed by atoms with Crippen LogP contribution in [0.2, 0.25) is 0 Å². The van der Waals surface area contributed by atoms with Crippen LogP contribution in [0.25, 0.3) is 0 Å². The number of nitrogens with zero attached hydrogens (tertiary/aromatic N) is 2. The molecule has 0 bridgehead atoms. The molecule has 194 valence electrons. The lowest BCUT2D eigenvalue weighted by Crippen LogP contribution is -2.56. The Balaban J connectivity index is 0.000000454. The van der Waals surface area contributed by atoms with Gasteiger partial charge in [-0.2, -0.15) is 13.2 Å². The van der Waals surface area contributed by atoms with Gasteiger partial charge in [0.2, 0.25) is 11.8 Å². The smallest absolute Gasteiger partial charge is 0.475 e. The number of para-hydroxylation sites is 1. The number of carbonyl (C=O) groups excluding carboxylic acids is 2. The fraction of sp³-hybridized carbons (Fsp3) is 0.375. The molecule has 3 N–H and O–H groups in total. The molecule has 0 unspecified atom stereocenters. The molecule has 2 saturated heterocycles. The first-order valence-corrected chi connectivity index (χ1v) is 11.2. The quantitative estimate of drug-likeness (QED) is 0.534. The van der Waals surface area contributed by atoms with Crippen LogP contribution in [-0.2, 0) is 14.4 Å². The maximum Gasteiger partial charge on any atom is 0.490 e. The summed E-state index contributed by atoms with van der Waals surface area (Å²) in [5.41, 5.74) is 1.14. The number of hydrogen-bond donors (Lipinski definition) is 3. The summed E-state index contributed by atoms with van der Waals surface area (Å²) in [5.74, 6) is -3.09. The maximum atomic E-state index is 13.0. The zero-order valence-electron chi connectivity index (χ0n) is 19.2. The summed E-state index contributed by atoms with van der Waals surface area (Å²) in [6.45, 7) is 2.69. The van der Waals surface area contributed by atoms with Crippen molar-refractivity contribution < 1.29 is 37.1 Å². The van der Waals surface area contributed by atoms with Crippen LogP contribution in [0.3, 0.4) is 0 Å². The maximum absolute atomic E-state index is 13.0. The number of amides is 2. The Kier molecular flexibility index (Phi) is 8.51. The first-order chi connectivity index (χ1) is 17.0. The van der Waals surface area contributed by atoms with Crippen molar-refractivity contribution >= 4 is 29.2 Å². The van der Waals surface area contributed by atoms with Gasteiger partial charge in [0.1, 0.15) is 11.4 Å². The molecule has 36 heavy (non-hydrogen) atoms. The molecule has 0 saturated carbocycles. The van der Waals surface area contributed by atoms with Crippen molar-refractivity contribution in [3.05, 3.63) is 60.4 Å². The van der Waals surface area contributed by atoms with Crippen LogP contribution in [0.5, 0.6) is 0 Å². The summed E-state index contributed by atoms with van der Waals surface area (Å²) in [6, 6.07) is 15.8. The predicted molar refractivity (Wildman–Crippen MR) is 124 cm³/mol. The van der Waals surface area contributed by atoms with Crippen LogP contribution < -0.4 is 15.5 Å². The van der Waals surface area contributed by atoms with Gasteiger partial charge in [-0.05, 0) is 49.2 Å². The topological polar surface area (TPSA) is 102 Å². The van der Waals surface area contributed by atoms with E-state index in [1.807, 2.05) is 30.3 Å². The fourth-order valence-electron chi connectivity index (χ4n) is 4.20. The molecule has 2 aliphatic heterocycles. The highest BCUT2D eigenvalue weighted by molar-refractivity contribution is 5.93. The summed E-state index contributed by atoms with van der Waals surface area (Å²) in [4.78, 5) is 38.1. The van der Waals surface area contributed by atoms with E-state index in [1.165, 1.54) is 12.1 Å². The number of likely N-dealkylation sites (tertiary alicyclic amines) is 1. The largest absolute Gasteiger partial charge is 0.490 e. The van der Waals surface area contributed by atoms with E-state index in [1.54, 1.807) is 12.1 Å². The molecule has 12 heteroatoms.